The first-order chi connectivity index (χ1) is 12.7. The molecule has 1 aliphatic rings. The molecular formula is C21H24N2O3. The van der Waals surface area contributed by atoms with Crippen molar-refractivity contribution in [2.45, 2.75) is 31.8 Å². The maximum Gasteiger partial charge on any atom is 0.243 e. The molecule has 2 aromatic rings. The summed E-state index contributed by atoms with van der Waals surface area (Å²) in [6.45, 7) is 1.43. The van der Waals surface area contributed by atoms with Crippen LogP contribution in [-0.2, 0) is 16.1 Å². The summed E-state index contributed by atoms with van der Waals surface area (Å²) in [6.07, 6.45) is 1.85. The highest BCUT2D eigenvalue weighted by atomic mass is 16.5. The van der Waals surface area contributed by atoms with Gasteiger partial charge in [0.15, 0.2) is 0 Å². The fourth-order valence-corrected chi connectivity index (χ4v) is 3.16. The third kappa shape index (κ3) is 4.85. The van der Waals surface area contributed by atoms with Crippen LogP contribution in [-0.4, -0.2) is 35.9 Å². The van der Waals surface area contributed by atoms with Crippen LogP contribution in [0.2, 0.25) is 0 Å². The van der Waals surface area contributed by atoms with Crippen molar-refractivity contribution in [1.29, 1.82) is 0 Å². The zero-order valence-corrected chi connectivity index (χ0v) is 14.8. The van der Waals surface area contributed by atoms with Crippen molar-refractivity contribution in [3.8, 4) is 5.75 Å². The van der Waals surface area contributed by atoms with Gasteiger partial charge in [0, 0.05) is 13.1 Å². The van der Waals surface area contributed by atoms with Gasteiger partial charge in [-0.15, -0.1) is 0 Å². The Hall–Kier alpha value is -2.82. The molecule has 0 aromatic heterocycles. The summed E-state index contributed by atoms with van der Waals surface area (Å²) in [6, 6.07) is 18.8. The molecule has 5 heteroatoms. The first-order valence-electron chi connectivity index (χ1n) is 9.03. The number of amides is 2. The quantitative estimate of drug-likeness (QED) is 0.834. The van der Waals surface area contributed by atoms with Gasteiger partial charge < -0.3 is 15.0 Å². The number of hydrogen-bond donors (Lipinski definition) is 1. The molecule has 1 N–H and O–H groups in total. The van der Waals surface area contributed by atoms with Crippen molar-refractivity contribution in [3.63, 3.8) is 0 Å². The van der Waals surface area contributed by atoms with Crippen LogP contribution in [0.1, 0.15) is 24.8 Å². The Morgan fingerprint density at radius 3 is 2.46 bits per heavy atom. The van der Waals surface area contributed by atoms with E-state index in [1.54, 1.807) is 4.90 Å². The smallest absolute Gasteiger partial charge is 0.243 e. The number of para-hydroxylation sites is 1. The molecule has 2 aromatic carbocycles. The lowest BCUT2D eigenvalue weighted by atomic mass is 10.2. The van der Waals surface area contributed by atoms with E-state index in [4.69, 9.17) is 4.74 Å². The number of nitrogens with one attached hydrogen (secondary N) is 1. The maximum atomic E-state index is 12.5. The zero-order chi connectivity index (χ0) is 18.2. The van der Waals surface area contributed by atoms with E-state index in [9.17, 15) is 9.59 Å². The van der Waals surface area contributed by atoms with Crippen LogP contribution in [0.3, 0.4) is 0 Å². The van der Waals surface area contributed by atoms with Crippen molar-refractivity contribution in [2.24, 2.45) is 0 Å². The molecule has 1 saturated heterocycles. The number of nitrogens with zero attached hydrogens (tertiary/aromatic N) is 1. The number of carbonyl (C=O) groups is 2. The Balaban J connectivity index is 1.47. The van der Waals surface area contributed by atoms with Crippen LogP contribution in [0.25, 0.3) is 0 Å². The Morgan fingerprint density at radius 1 is 1.04 bits per heavy atom. The molecule has 1 atom stereocenters. The molecule has 0 spiro atoms. The van der Waals surface area contributed by atoms with Gasteiger partial charge in [-0.1, -0.05) is 48.5 Å². The molecule has 1 fully saturated rings. The van der Waals surface area contributed by atoms with Crippen LogP contribution in [0.4, 0.5) is 0 Å². The SMILES string of the molecule is O=C(NCc1ccccc1)[C@H]1CCCN1C(=O)CCOc1ccccc1. The number of likely N-dealkylation sites (tertiary alicyclic amines) is 1. The Morgan fingerprint density at radius 2 is 1.73 bits per heavy atom. The Labute approximate surface area is 154 Å². The van der Waals surface area contributed by atoms with E-state index < -0.39 is 0 Å². The molecule has 5 nitrogen and oxygen atoms in total. The minimum absolute atomic E-state index is 0.0294. The van der Waals surface area contributed by atoms with Crippen molar-refractivity contribution in [1.82, 2.24) is 10.2 Å². The predicted octanol–water partition coefficient (Wildman–Crippen LogP) is 2.76. The second kappa shape index (κ2) is 9.04. The maximum absolute atomic E-state index is 12.5. The topological polar surface area (TPSA) is 58.6 Å². The first-order valence-corrected chi connectivity index (χ1v) is 9.03. The molecule has 1 heterocycles. The summed E-state index contributed by atoms with van der Waals surface area (Å²) >= 11 is 0. The molecule has 0 bridgehead atoms. The van der Waals surface area contributed by atoms with Crippen molar-refractivity contribution < 1.29 is 14.3 Å². The first kappa shape index (κ1) is 18.0. The van der Waals surface area contributed by atoms with Gasteiger partial charge in [-0.05, 0) is 30.5 Å². The second-order valence-corrected chi connectivity index (χ2v) is 6.36. The molecule has 136 valence electrons. The summed E-state index contributed by atoms with van der Waals surface area (Å²) in [5, 5.41) is 2.94. The van der Waals surface area contributed by atoms with E-state index in [0.29, 0.717) is 26.1 Å². The van der Waals surface area contributed by atoms with Gasteiger partial charge in [0.2, 0.25) is 11.8 Å². The summed E-state index contributed by atoms with van der Waals surface area (Å²) in [5.74, 6) is 0.640. The van der Waals surface area contributed by atoms with Crippen LogP contribution in [0.15, 0.2) is 60.7 Å². The van der Waals surface area contributed by atoms with E-state index in [2.05, 4.69) is 5.32 Å². The van der Waals surface area contributed by atoms with E-state index in [1.807, 2.05) is 60.7 Å². The largest absolute Gasteiger partial charge is 0.493 e. The van der Waals surface area contributed by atoms with Gasteiger partial charge in [0.05, 0.1) is 13.0 Å². The van der Waals surface area contributed by atoms with E-state index in [0.717, 1.165) is 17.7 Å². The lowest BCUT2D eigenvalue weighted by Gasteiger charge is -2.24. The van der Waals surface area contributed by atoms with Crippen molar-refractivity contribution in [3.05, 3.63) is 66.2 Å². The standard InChI is InChI=1S/C21H24N2O3/c24-20(13-15-26-18-10-5-2-6-11-18)23-14-7-12-19(23)21(25)22-16-17-8-3-1-4-9-17/h1-6,8-11,19H,7,12-16H2,(H,22,25)/t19-/m1/s1. The van der Waals surface area contributed by atoms with Crippen molar-refractivity contribution in [2.75, 3.05) is 13.2 Å². The van der Waals surface area contributed by atoms with Crippen LogP contribution < -0.4 is 10.1 Å². The molecule has 26 heavy (non-hydrogen) atoms. The average molecular weight is 352 g/mol. The van der Waals surface area contributed by atoms with Gasteiger partial charge in [0.1, 0.15) is 11.8 Å². The van der Waals surface area contributed by atoms with Crippen LogP contribution in [0, 0.1) is 0 Å². The number of carbonyl (C=O) groups excluding carboxylic acids is 2. The molecule has 0 aliphatic carbocycles. The van der Waals surface area contributed by atoms with Gasteiger partial charge in [-0.2, -0.15) is 0 Å². The Bertz CT molecular complexity index is 719. The van der Waals surface area contributed by atoms with Gasteiger partial charge in [-0.25, -0.2) is 0 Å². The fraction of sp³-hybridized carbons (Fsp3) is 0.333. The zero-order valence-electron chi connectivity index (χ0n) is 14.8. The second-order valence-electron chi connectivity index (χ2n) is 6.36. The predicted molar refractivity (Wildman–Crippen MR) is 99.6 cm³/mol. The molecule has 0 radical (unpaired) electrons. The molecular weight excluding hydrogens is 328 g/mol. The van der Waals surface area contributed by atoms with Crippen LogP contribution >= 0.6 is 0 Å². The fourth-order valence-electron chi connectivity index (χ4n) is 3.16. The Kier molecular flexibility index (Phi) is 6.25. The summed E-state index contributed by atoms with van der Waals surface area (Å²) in [5.41, 5.74) is 1.05. The van der Waals surface area contributed by atoms with Gasteiger partial charge in [-0.3, -0.25) is 9.59 Å². The van der Waals surface area contributed by atoms with E-state index >= 15 is 0 Å². The van der Waals surface area contributed by atoms with Crippen molar-refractivity contribution >= 4 is 11.8 Å². The number of ether oxygens (including phenoxy) is 1. The summed E-state index contributed by atoms with van der Waals surface area (Å²) in [4.78, 5) is 26.7. The summed E-state index contributed by atoms with van der Waals surface area (Å²) < 4.78 is 5.59. The minimum atomic E-state index is -0.372. The molecule has 0 saturated carbocycles. The molecule has 2 amide bonds. The van der Waals surface area contributed by atoms with E-state index in [-0.39, 0.29) is 24.3 Å². The van der Waals surface area contributed by atoms with Gasteiger partial charge >= 0.3 is 0 Å². The minimum Gasteiger partial charge on any atom is -0.493 e. The monoisotopic (exact) mass is 352 g/mol. The molecule has 3 rings (SSSR count). The third-order valence-corrected chi connectivity index (χ3v) is 4.51. The lowest BCUT2D eigenvalue weighted by molar-refractivity contribution is -0.138. The third-order valence-electron chi connectivity index (χ3n) is 4.51. The normalized spacial score (nSPS) is 16.3. The number of hydrogen-bond acceptors (Lipinski definition) is 3. The molecule has 0 unspecified atom stereocenters. The number of rotatable bonds is 7. The lowest BCUT2D eigenvalue weighted by Crippen LogP contribution is -2.46. The molecule has 1 aliphatic heterocycles. The highest BCUT2D eigenvalue weighted by Crippen LogP contribution is 2.19. The number of benzene rings is 2. The van der Waals surface area contributed by atoms with Gasteiger partial charge in [0.25, 0.3) is 0 Å². The van der Waals surface area contributed by atoms with E-state index in [1.165, 1.54) is 0 Å². The highest BCUT2D eigenvalue weighted by Gasteiger charge is 2.33. The van der Waals surface area contributed by atoms with Crippen LogP contribution in [0.5, 0.6) is 5.75 Å². The average Bonchev–Trinajstić information content (AvgIpc) is 3.18. The summed E-state index contributed by atoms with van der Waals surface area (Å²) in [7, 11) is 0. The highest BCUT2D eigenvalue weighted by molar-refractivity contribution is 5.88.